The van der Waals surface area contributed by atoms with Crippen molar-refractivity contribution in [3.05, 3.63) is 28.7 Å². The second-order valence-corrected chi connectivity index (χ2v) is 3.59. The van der Waals surface area contributed by atoms with Crippen LogP contribution in [0.25, 0.3) is 0 Å². The maximum Gasteiger partial charge on any atom is 1.00 e. The summed E-state index contributed by atoms with van der Waals surface area (Å²) < 4.78 is 19.9. The van der Waals surface area contributed by atoms with Gasteiger partial charge in [0.1, 0.15) is 0 Å². The Kier molecular flexibility index (Phi) is 13.8. The van der Waals surface area contributed by atoms with E-state index in [1.807, 2.05) is 0 Å². The Morgan fingerprint density at radius 1 is 1.15 bits per heavy atom. The Morgan fingerprint density at radius 2 is 1.54 bits per heavy atom. The smallest absolute Gasteiger partial charge is 0.412 e. The van der Waals surface area contributed by atoms with Crippen LogP contribution < -0.4 is 29.6 Å². The molecule has 0 bridgehead atoms. The van der Waals surface area contributed by atoms with Gasteiger partial charge in [-0.15, -0.1) is 0 Å². The molecule has 7 heteroatoms. The summed E-state index contributed by atoms with van der Waals surface area (Å²) >= 11 is 1.36. The van der Waals surface area contributed by atoms with Gasteiger partial charge in [0.15, 0.2) is 11.1 Å². The molecular formula is C6H9BrNaO4S+. The Balaban J connectivity index is -0.000000333. The number of hydrogen-bond acceptors (Lipinski definition) is 1. The molecule has 0 fully saturated rings. The molecule has 13 heavy (non-hydrogen) atoms. The summed E-state index contributed by atoms with van der Waals surface area (Å²) in [6, 6.07) is 6.65. The number of benzene rings is 1. The zero-order chi connectivity index (χ0) is 7.56. The molecule has 70 valence electrons. The molecule has 1 aromatic rings. The molecule has 4 nitrogen and oxygen atoms in total. The van der Waals surface area contributed by atoms with Crippen molar-refractivity contribution in [2.24, 2.45) is 0 Å². The van der Waals surface area contributed by atoms with Crippen LogP contribution in [0.4, 0.5) is 0 Å². The molecule has 1 unspecified atom stereocenters. The van der Waals surface area contributed by atoms with Gasteiger partial charge in [0.05, 0.1) is 4.90 Å². The van der Waals surface area contributed by atoms with Crippen LogP contribution >= 0.6 is 15.9 Å². The van der Waals surface area contributed by atoms with E-state index in [9.17, 15) is 4.21 Å². The number of halogens is 1. The third-order valence-corrected chi connectivity index (χ3v) is 2.22. The van der Waals surface area contributed by atoms with Gasteiger partial charge < -0.3 is 15.5 Å². The quantitative estimate of drug-likeness (QED) is 0.450. The third kappa shape index (κ3) is 6.75. The first-order valence-electron chi connectivity index (χ1n) is 2.56. The molecule has 1 rings (SSSR count). The molecule has 1 aromatic carbocycles. The molecule has 0 saturated heterocycles. The van der Waals surface area contributed by atoms with Crippen LogP contribution in [0, 0.1) is 0 Å². The van der Waals surface area contributed by atoms with E-state index in [1.54, 1.807) is 24.3 Å². The van der Waals surface area contributed by atoms with Crippen LogP contribution in [0.5, 0.6) is 0 Å². The van der Waals surface area contributed by atoms with E-state index >= 15 is 0 Å². The van der Waals surface area contributed by atoms with E-state index in [2.05, 4.69) is 15.9 Å². The topological polar surface area (TPSA) is 100 Å². The molecule has 5 N–H and O–H groups in total. The molecule has 0 aliphatic carbocycles. The zero-order valence-corrected chi connectivity index (χ0v) is 11.4. The van der Waals surface area contributed by atoms with Gasteiger partial charge in [-0.1, -0.05) is 15.9 Å². The first-order valence-corrected chi connectivity index (χ1v) is 4.46. The van der Waals surface area contributed by atoms with Crippen molar-refractivity contribution >= 4 is 27.0 Å². The third-order valence-electron chi connectivity index (χ3n) is 1.02. The van der Waals surface area contributed by atoms with Crippen LogP contribution in [0.15, 0.2) is 33.6 Å². The van der Waals surface area contributed by atoms with E-state index in [4.69, 9.17) is 4.55 Å². The second kappa shape index (κ2) is 9.29. The van der Waals surface area contributed by atoms with Gasteiger partial charge in [0.25, 0.3) is 0 Å². The van der Waals surface area contributed by atoms with Gasteiger partial charge >= 0.3 is 29.6 Å². The standard InChI is InChI=1S/C6H5BrO2S.Na.2H2O/c7-5-1-3-6(4-2-5)10(8)9;;;/h1-4H,(H,8,9);;2*1H2/q;+1;;. The Bertz CT molecular complexity index is 253. The van der Waals surface area contributed by atoms with Crippen molar-refractivity contribution in [1.82, 2.24) is 0 Å². The van der Waals surface area contributed by atoms with E-state index in [0.29, 0.717) is 4.90 Å². The summed E-state index contributed by atoms with van der Waals surface area (Å²) in [5.41, 5.74) is 0. The van der Waals surface area contributed by atoms with Gasteiger partial charge in [-0.25, -0.2) is 4.21 Å². The summed E-state index contributed by atoms with van der Waals surface area (Å²) in [7, 11) is 0. The average Bonchev–Trinajstić information content (AvgIpc) is 1.88. The Hall–Kier alpha value is 0.730. The normalized spacial score (nSPS) is 10.0. The van der Waals surface area contributed by atoms with Crippen molar-refractivity contribution in [2.75, 3.05) is 0 Å². The number of hydrogen-bond donors (Lipinski definition) is 1. The summed E-state index contributed by atoms with van der Waals surface area (Å²) in [5, 5.41) is 0. The van der Waals surface area contributed by atoms with Gasteiger partial charge in [-0.3, -0.25) is 0 Å². The van der Waals surface area contributed by atoms with Gasteiger partial charge in [0.2, 0.25) is 0 Å². The summed E-state index contributed by atoms with van der Waals surface area (Å²) in [6.07, 6.45) is 0. The van der Waals surface area contributed by atoms with E-state index in [0.717, 1.165) is 4.47 Å². The zero-order valence-electron chi connectivity index (χ0n) is 6.95. The largest absolute Gasteiger partial charge is 1.00 e. The molecule has 0 heterocycles. The van der Waals surface area contributed by atoms with E-state index in [-0.39, 0.29) is 40.5 Å². The summed E-state index contributed by atoms with van der Waals surface area (Å²) in [4.78, 5) is 0.420. The van der Waals surface area contributed by atoms with Crippen LogP contribution in [0.2, 0.25) is 0 Å². The fourth-order valence-electron chi connectivity index (χ4n) is 0.551. The fourth-order valence-corrected chi connectivity index (χ4v) is 1.18. The van der Waals surface area contributed by atoms with Crippen molar-refractivity contribution in [3.8, 4) is 0 Å². The molecule has 0 aliphatic rings. The van der Waals surface area contributed by atoms with Gasteiger partial charge in [-0.2, -0.15) is 0 Å². The van der Waals surface area contributed by atoms with Crippen molar-refractivity contribution in [1.29, 1.82) is 0 Å². The minimum atomic E-state index is -1.86. The van der Waals surface area contributed by atoms with Crippen LogP contribution in [-0.4, -0.2) is 19.7 Å². The van der Waals surface area contributed by atoms with Crippen LogP contribution in [0.1, 0.15) is 0 Å². The second-order valence-electron chi connectivity index (χ2n) is 1.70. The molecule has 0 amide bonds. The molecule has 0 saturated carbocycles. The van der Waals surface area contributed by atoms with Gasteiger partial charge in [-0.05, 0) is 24.3 Å². The monoisotopic (exact) mass is 279 g/mol. The van der Waals surface area contributed by atoms with E-state index < -0.39 is 11.1 Å². The molecular weight excluding hydrogens is 271 g/mol. The predicted molar refractivity (Wildman–Crippen MR) is 50.4 cm³/mol. The maximum atomic E-state index is 10.4. The molecule has 0 aromatic heterocycles. The first-order chi connectivity index (χ1) is 4.70. The molecule has 0 spiro atoms. The predicted octanol–water partition coefficient (Wildman–Crippen LogP) is -2.62. The van der Waals surface area contributed by atoms with Crippen LogP contribution in [0.3, 0.4) is 0 Å². The van der Waals surface area contributed by atoms with Crippen molar-refractivity contribution < 1.29 is 49.3 Å². The van der Waals surface area contributed by atoms with Gasteiger partial charge in [0, 0.05) is 4.47 Å². The first kappa shape index (κ1) is 19.3. The average molecular weight is 280 g/mol. The Morgan fingerprint density at radius 3 is 1.85 bits per heavy atom. The molecule has 0 radical (unpaired) electrons. The molecule has 0 aliphatic heterocycles. The minimum absolute atomic E-state index is 0. The fraction of sp³-hybridized carbons (Fsp3) is 0. The van der Waals surface area contributed by atoms with Crippen molar-refractivity contribution in [3.63, 3.8) is 0 Å². The molecule has 1 atom stereocenters. The van der Waals surface area contributed by atoms with E-state index in [1.165, 1.54) is 0 Å². The van der Waals surface area contributed by atoms with Crippen molar-refractivity contribution in [2.45, 2.75) is 4.90 Å². The summed E-state index contributed by atoms with van der Waals surface area (Å²) in [6.45, 7) is 0. The maximum absolute atomic E-state index is 10.4. The van der Waals surface area contributed by atoms with Crippen LogP contribution in [-0.2, 0) is 11.1 Å². The Labute approximate surface area is 109 Å². The number of rotatable bonds is 1. The minimum Gasteiger partial charge on any atom is -0.412 e. The summed E-state index contributed by atoms with van der Waals surface area (Å²) in [5.74, 6) is 0. The SMILES string of the molecule is O.O.O=S(O)c1ccc(Br)cc1.[Na+].